The number of pyridine rings is 1. The van der Waals surface area contributed by atoms with Crippen LogP contribution in [-0.4, -0.2) is 119 Å². The van der Waals surface area contributed by atoms with E-state index in [-0.39, 0.29) is 101 Å². The fourth-order valence-corrected chi connectivity index (χ4v) is 9.40. The van der Waals surface area contributed by atoms with Crippen molar-refractivity contribution in [1.82, 2.24) is 35.2 Å². The summed E-state index contributed by atoms with van der Waals surface area (Å²) in [6, 6.07) is 37.7. The number of hydrogen-bond donors (Lipinski definition) is 2. The van der Waals surface area contributed by atoms with E-state index in [0.717, 1.165) is 45.4 Å². The van der Waals surface area contributed by atoms with Crippen LogP contribution in [0.1, 0.15) is 67.2 Å². The molecule has 1 aliphatic heterocycles. The van der Waals surface area contributed by atoms with Gasteiger partial charge < -0.3 is 24.6 Å². The first-order chi connectivity index (χ1) is 34.6. The number of aryl methyl sites for hydroxylation is 2. The Morgan fingerprint density at radius 3 is 2.23 bits per heavy atom. The second-order valence-electron chi connectivity index (χ2n) is 17.7. The highest BCUT2D eigenvalue weighted by Gasteiger charge is 2.32. The number of nitrogens with zero attached hydrogens (tertiary/aromatic N) is 5. The van der Waals surface area contributed by atoms with Gasteiger partial charge in [0.2, 0.25) is 5.91 Å². The van der Waals surface area contributed by atoms with Crippen molar-refractivity contribution in [2.24, 2.45) is 0 Å². The molecule has 0 saturated carbocycles. The predicted molar refractivity (Wildman–Crippen MR) is 268 cm³/mol. The van der Waals surface area contributed by atoms with Crippen LogP contribution in [0, 0.1) is 12.7 Å². The number of H-pyrrole nitrogens is 1. The van der Waals surface area contributed by atoms with Gasteiger partial charge in [-0.15, -0.1) is 0 Å². The summed E-state index contributed by atoms with van der Waals surface area (Å²) in [6.45, 7) is 4.72. The van der Waals surface area contributed by atoms with E-state index in [4.69, 9.17) is 9.47 Å². The lowest BCUT2D eigenvalue weighted by atomic mass is 9.98. The van der Waals surface area contributed by atoms with Gasteiger partial charge in [-0.25, -0.2) is 14.3 Å². The Hall–Kier alpha value is -8.04. The lowest BCUT2D eigenvalue weighted by Crippen LogP contribution is -2.53. The molecule has 5 aromatic carbocycles. The Morgan fingerprint density at radius 1 is 0.789 bits per heavy atom. The maximum atomic E-state index is 15.3. The van der Waals surface area contributed by atoms with E-state index in [0.29, 0.717) is 27.7 Å². The zero-order valence-corrected chi connectivity index (χ0v) is 39.7. The summed E-state index contributed by atoms with van der Waals surface area (Å²) in [6.07, 6.45) is 2.19. The molecule has 0 radical (unpaired) electrons. The Bertz CT molecular complexity index is 3140. The van der Waals surface area contributed by atoms with Gasteiger partial charge in [0.05, 0.1) is 29.9 Å². The van der Waals surface area contributed by atoms with Crippen molar-refractivity contribution >= 4 is 34.6 Å². The van der Waals surface area contributed by atoms with E-state index in [9.17, 15) is 24.0 Å². The minimum Gasteiger partial charge on any atom is -0.448 e. The van der Waals surface area contributed by atoms with Gasteiger partial charge >= 0.3 is 6.09 Å². The van der Waals surface area contributed by atoms with Crippen molar-refractivity contribution in [2.45, 2.75) is 32.6 Å². The molecule has 362 valence electrons. The Balaban J connectivity index is 0.809. The highest BCUT2D eigenvalue weighted by molar-refractivity contribution is 5.95. The zero-order chi connectivity index (χ0) is 49.4. The van der Waals surface area contributed by atoms with Crippen LogP contribution in [0.15, 0.2) is 132 Å². The molecule has 0 bridgehead atoms. The topological polar surface area (TPSA) is 167 Å². The molecular weight excluding hydrogens is 902 g/mol. The number of ether oxygens (including phenoxy) is 2. The van der Waals surface area contributed by atoms with E-state index >= 15 is 4.39 Å². The molecular formula is C56H54FN7O7. The zero-order valence-electron chi connectivity index (χ0n) is 39.7. The number of benzene rings is 5. The first-order valence-corrected chi connectivity index (χ1v) is 23.9. The standard InChI is InChI=1S/C56H54FN7O7/c1-3-37-11-10-12-39(30-37)40-29-36(2)52(59-33-40)54(67)58-21-27-70-28-26-64(56(69)71-35-48-43-15-6-4-13-41(43)42-14-5-7-16-44(42)48)34-51(65)62-22-24-63(25-23-62)55(68)47-31-38(19-20-49(47)57)32-50-45-17-8-9-18-46(45)53(66)61-60-50/h4-20,29-31,33,48H,3,21-28,32,34-35H2,1-2H3,(H,58,67)(H,61,66). The predicted octanol–water partition coefficient (Wildman–Crippen LogP) is 7.57. The molecule has 71 heavy (non-hydrogen) atoms. The van der Waals surface area contributed by atoms with Crippen molar-refractivity contribution in [3.05, 3.63) is 188 Å². The number of aromatic nitrogens is 3. The average Bonchev–Trinajstić information content (AvgIpc) is 3.72. The van der Waals surface area contributed by atoms with Gasteiger partial charge in [0.25, 0.3) is 17.4 Å². The molecule has 1 aliphatic carbocycles. The Kier molecular flexibility index (Phi) is 14.7. The van der Waals surface area contributed by atoms with Crippen LogP contribution in [0.25, 0.3) is 33.0 Å². The summed E-state index contributed by atoms with van der Waals surface area (Å²) in [4.78, 5) is 76.0. The lowest BCUT2D eigenvalue weighted by molar-refractivity contribution is -0.133. The van der Waals surface area contributed by atoms with Crippen LogP contribution in [0.4, 0.5) is 9.18 Å². The van der Waals surface area contributed by atoms with E-state index < -0.39 is 17.8 Å². The number of halogens is 1. The monoisotopic (exact) mass is 955 g/mol. The van der Waals surface area contributed by atoms with Crippen LogP contribution in [0.3, 0.4) is 0 Å². The summed E-state index contributed by atoms with van der Waals surface area (Å²) in [7, 11) is 0. The molecule has 1 fully saturated rings. The molecule has 14 nitrogen and oxygen atoms in total. The van der Waals surface area contributed by atoms with Crippen molar-refractivity contribution in [2.75, 3.05) is 65.6 Å². The van der Waals surface area contributed by atoms with Gasteiger partial charge in [0, 0.05) is 68.8 Å². The van der Waals surface area contributed by atoms with Crippen molar-refractivity contribution in [3.63, 3.8) is 0 Å². The number of hydrogen-bond acceptors (Lipinski definition) is 9. The van der Waals surface area contributed by atoms with Crippen molar-refractivity contribution < 1.29 is 33.0 Å². The van der Waals surface area contributed by atoms with Crippen LogP contribution >= 0.6 is 0 Å². The minimum atomic E-state index is -0.683. The highest BCUT2D eigenvalue weighted by Crippen LogP contribution is 2.44. The summed E-state index contributed by atoms with van der Waals surface area (Å²) in [5, 5.41) is 10.8. The molecule has 0 unspecified atom stereocenters. The molecule has 2 aromatic heterocycles. The third-order valence-electron chi connectivity index (χ3n) is 13.2. The normalized spacial score (nSPS) is 13.2. The maximum Gasteiger partial charge on any atom is 0.410 e. The Morgan fingerprint density at radius 2 is 1.49 bits per heavy atom. The summed E-state index contributed by atoms with van der Waals surface area (Å²) in [5.74, 6) is -2.06. The van der Waals surface area contributed by atoms with Crippen molar-refractivity contribution in [3.8, 4) is 22.3 Å². The number of nitrogens with one attached hydrogen (secondary N) is 2. The smallest absolute Gasteiger partial charge is 0.410 e. The van der Waals surface area contributed by atoms with Gasteiger partial charge in [0.1, 0.15) is 24.7 Å². The number of carbonyl (C=O) groups is 4. The van der Waals surface area contributed by atoms with Gasteiger partial charge in [-0.2, -0.15) is 5.10 Å². The second kappa shape index (κ2) is 21.7. The highest BCUT2D eigenvalue weighted by atomic mass is 19.1. The van der Waals surface area contributed by atoms with Crippen molar-refractivity contribution in [1.29, 1.82) is 0 Å². The molecule has 1 saturated heterocycles. The first kappa shape index (κ1) is 48.0. The summed E-state index contributed by atoms with van der Waals surface area (Å²) in [5.41, 5.74) is 9.31. The van der Waals surface area contributed by atoms with E-state index in [2.05, 4.69) is 51.7 Å². The van der Waals surface area contributed by atoms with Gasteiger partial charge in [-0.05, 0) is 82.1 Å². The molecule has 0 atom stereocenters. The average molecular weight is 956 g/mol. The minimum absolute atomic E-state index is 0.0240. The SMILES string of the molecule is CCc1cccc(-c2cnc(C(=O)NCCOCCN(CC(=O)N3CCN(C(=O)c4cc(Cc5n[nH]c(=O)c6ccccc56)ccc4F)CC3)C(=O)OCC3c4ccccc4-c4ccccc43)c(C)c2)c1. The summed E-state index contributed by atoms with van der Waals surface area (Å²) < 4.78 is 27.1. The van der Waals surface area contributed by atoms with Gasteiger partial charge in [-0.3, -0.25) is 29.1 Å². The second-order valence-corrected chi connectivity index (χ2v) is 17.7. The first-order valence-electron chi connectivity index (χ1n) is 23.9. The Labute approximate surface area is 410 Å². The number of amides is 4. The third-order valence-corrected chi connectivity index (χ3v) is 13.2. The van der Waals surface area contributed by atoms with E-state index in [1.54, 1.807) is 35.4 Å². The molecule has 2 N–H and O–H groups in total. The quantitative estimate of drug-likeness (QED) is 0.0930. The molecule has 0 spiro atoms. The fraction of sp³-hybridized carbons (Fsp3) is 0.268. The van der Waals surface area contributed by atoms with Crippen LogP contribution in [0.2, 0.25) is 0 Å². The number of rotatable bonds is 16. The van der Waals surface area contributed by atoms with Gasteiger partial charge in [-0.1, -0.05) is 104 Å². The van der Waals surface area contributed by atoms with E-state index in [1.807, 2.05) is 67.6 Å². The fourth-order valence-electron chi connectivity index (χ4n) is 9.40. The number of fused-ring (bicyclic) bond motifs is 4. The maximum absolute atomic E-state index is 15.3. The van der Waals surface area contributed by atoms with Crippen LogP contribution in [0.5, 0.6) is 0 Å². The molecule has 3 heterocycles. The molecule has 9 rings (SSSR count). The largest absolute Gasteiger partial charge is 0.448 e. The molecule has 2 aliphatic rings. The van der Waals surface area contributed by atoms with Crippen LogP contribution < -0.4 is 10.9 Å². The lowest BCUT2D eigenvalue weighted by Gasteiger charge is -2.36. The summed E-state index contributed by atoms with van der Waals surface area (Å²) >= 11 is 0. The van der Waals surface area contributed by atoms with Crippen LogP contribution in [-0.2, 0) is 27.1 Å². The number of piperazine rings is 1. The third kappa shape index (κ3) is 10.7. The molecule has 4 amide bonds. The van der Waals surface area contributed by atoms with Gasteiger partial charge in [0.15, 0.2) is 0 Å². The van der Waals surface area contributed by atoms with E-state index in [1.165, 1.54) is 27.5 Å². The number of carbonyl (C=O) groups excluding carboxylic acids is 4. The molecule has 15 heteroatoms. The molecule has 7 aromatic rings. The number of aromatic amines is 1.